The largest absolute Gasteiger partial charge is 0.416 e. The average molecular weight is 431 g/mol. The Morgan fingerprint density at radius 3 is 2.29 bits per heavy atom. The van der Waals surface area contributed by atoms with Crippen molar-refractivity contribution in [3.05, 3.63) is 70.5 Å². The van der Waals surface area contributed by atoms with Crippen molar-refractivity contribution in [3.8, 4) is 0 Å². The van der Waals surface area contributed by atoms with Crippen LogP contribution in [0.5, 0.6) is 0 Å². The first-order valence-electron chi connectivity index (χ1n) is 9.31. The van der Waals surface area contributed by atoms with E-state index >= 15 is 0 Å². The molecule has 3 rings (SSSR count). The van der Waals surface area contributed by atoms with Crippen LogP contribution in [0.4, 0.5) is 24.5 Å². The van der Waals surface area contributed by atoms with Crippen LogP contribution in [0, 0.1) is 20.8 Å². The topological polar surface area (TPSA) is 88.9 Å². The molecule has 2 N–H and O–H groups in total. The zero-order valence-electron chi connectivity index (χ0n) is 17.0. The smallest absolute Gasteiger partial charge is 0.324 e. The molecule has 0 saturated heterocycles. The van der Waals surface area contributed by atoms with Crippen molar-refractivity contribution in [2.45, 2.75) is 33.5 Å². The Morgan fingerprint density at radius 2 is 1.65 bits per heavy atom. The molecule has 1 heterocycles. The molecule has 3 aromatic rings. The maximum Gasteiger partial charge on any atom is 0.416 e. The number of halogens is 3. The molecule has 31 heavy (non-hydrogen) atoms. The van der Waals surface area contributed by atoms with E-state index in [1.165, 1.54) is 16.8 Å². The fourth-order valence-electron chi connectivity index (χ4n) is 3.01. The standard InChI is InChI=1S/C21H20F3N5O2/c1-12-6-4-7-13(2)18(12)26-17(30)11-29-14(3)19(27-28-29)20(31)25-16-9-5-8-15(10-16)21(22,23)24/h4-10H,11H2,1-3H3,(H,25,31)(H,26,30). The summed E-state index contributed by atoms with van der Waals surface area (Å²) in [7, 11) is 0. The van der Waals surface area contributed by atoms with Gasteiger partial charge in [0.1, 0.15) is 6.54 Å². The Hall–Kier alpha value is -3.69. The first kappa shape index (κ1) is 22.0. The number of alkyl halides is 3. The van der Waals surface area contributed by atoms with Crippen LogP contribution in [0.1, 0.15) is 32.9 Å². The summed E-state index contributed by atoms with van der Waals surface area (Å²) in [5, 5.41) is 12.8. The number of amides is 2. The van der Waals surface area contributed by atoms with Gasteiger partial charge >= 0.3 is 6.18 Å². The molecule has 0 aliphatic heterocycles. The summed E-state index contributed by atoms with van der Waals surface area (Å²) >= 11 is 0. The highest BCUT2D eigenvalue weighted by atomic mass is 19.4. The quantitative estimate of drug-likeness (QED) is 0.636. The normalized spacial score (nSPS) is 11.3. The zero-order valence-corrected chi connectivity index (χ0v) is 17.0. The molecule has 1 aromatic heterocycles. The molecule has 162 valence electrons. The molecule has 0 atom stereocenters. The molecule has 7 nitrogen and oxygen atoms in total. The van der Waals surface area contributed by atoms with Gasteiger partial charge in [0.15, 0.2) is 5.69 Å². The van der Waals surface area contributed by atoms with Gasteiger partial charge < -0.3 is 10.6 Å². The fourth-order valence-corrected chi connectivity index (χ4v) is 3.01. The van der Waals surface area contributed by atoms with Crippen molar-refractivity contribution in [1.29, 1.82) is 0 Å². The lowest BCUT2D eigenvalue weighted by Gasteiger charge is -2.12. The van der Waals surface area contributed by atoms with Gasteiger partial charge in [-0.3, -0.25) is 9.59 Å². The summed E-state index contributed by atoms with van der Waals surface area (Å²) in [5.74, 6) is -1.08. The summed E-state index contributed by atoms with van der Waals surface area (Å²) in [6, 6.07) is 9.91. The molecule has 0 saturated carbocycles. The number of aromatic nitrogens is 3. The molecule has 0 aliphatic carbocycles. The maximum absolute atomic E-state index is 12.8. The van der Waals surface area contributed by atoms with E-state index in [1.807, 2.05) is 32.0 Å². The highest BCUT2D eigenvalue weighted by molar-refractivity contribution is 6.03. The van der Waals surface area contributed by atoms with Gasteiger partial charge in [0.2, 0.25) is 5.91 Å². The molecule has 0 bridgehead atoms. The van der Waals surface area contributed by atoms with Crippen LogP contribution in [-0.2, 0) is 17.5 Å². The Labute approximate surface area is 176 Å². The molecular formula is C21H20F3N5O2. The van der Waals surface area contributed by atoms with Gasteiger partial charge in [-0.1, -0.05) is 29.5 Å². The third kappa shape index (κ3) is 5.08. The molecule has 10 heteroatoms. The number of nitrogens with zero attached hydrogens (tertiary/aromatic N) is 3. The zero-order chi connectivity index (χ0) is 22.8. The van der Waals surface area contributed by atoms with E-state index in [-0.39, 0.29) is 23.8 Å². The van der Waals surface area contributed by atoms with E-state index in [1.54, 1.807) is 6.92 Å². The highest BCUT2D eigenvalue weighted by Crippen LogP contribution is 2.30. The van der Waals surface area contributed by atoms with Crippen LogP contribution in [0.15, 0.2) is 42.5 Å². The monoisotopic (exact) mass is 431 g/mol. The molecular weight excluding hydrogens is 411 g/mol. The number of nitrogens with one attached hydrogen (secondary N) is 2. The minimum atomic E-state index is -4.53. The van der Waals surface area contributed by atoms with Crippen LogP contribution in [0.3, 0.4) is 0 Å². The number of para-hydroxylation sites is 1. The summed E-state index contributed by atoms with van der Waals surface area (Å²) in [4.78, 5) is 24.9. The average Bonchev–Trinajstić information content (AvgIpc) is 3.05. The SMILES string of the molecule is Cc1cccc(C)c1NC(=O)Cn1nnc(C(=O)Nc2cccc(C(F)(F)F)c2)c1C. The van der Waals surface area contributed by atoms with Crippen LogP contribution in [0.25, 0.3) is 0 Å². The first-order valence-corrected chi connectivity index (χ1v) is 9.31. The Kier molecular flexibility index (Phi) is 6.09. The van der Waals surface area contributed by atoms with Gasteiger partial charge in [0.25, 0.3) is 5.91 Å². The Bertz CT molecular complexity index is 1120. The van der Waals surface area contributed by atoms with Crippen LogP contribution < -0.4 is 10.6 Å². The number of aryl methyl sites for hydroxylation is 2. The number of hydrogen-bond donors (Lipinski definition) is 2. The highest BCUT2D eigenvalue weighted by Gasteiger charge is 2.30. The van der Waals surface area contributed by atoms with E-state index in [0.717, 1.165) is 23.3 Å². The van der Waals surface area contributed by atoms with E-state index in [9.17, 15) is 22.8 Å². The number of rotatable bonds is 5. The molecule has 0 spiro atoms. The lowest BCUT2D eigenvalue weighted by atomic mass is 10.1. The van der Waals surface area contributed by atoms with Crippen molar-refractivity contribution >= 4 is 23.2 Å². The minimum Gasteiger partial charge on any atom is -0.324 e. The Balaban J connectivity index is 1.71. The van der Waals surface area contributed by atoms with E-state index in [4.69, 9.17) is 0 Å². The molecule has 2 aromatic carbocycles. The van der Waals surface area contributed by atoms with Crippen molar-refractivity contribution in [2.75, 3.05) is 10.6 Å². The van der Waals surface area contributed by atoms with Crippen LogP contribution in [-0.4, -0.2) is 26.8 Å². The summed E-state index contributed by atoms with van der Waals surface area (Å²) in [6.45, 7) is 5.12. The molecule has 0 fully saturated rings. The second kappa shape index (κ2) is 8.58. The maximum atomic E-state index is 12.8. The number of anilines is 2. The van der Waals surface area contributed by atoms with Gasteiger partial charge in [-0.05, 0) is 50.1 Å². The van der Waals surface area contributed by atoms with Gasteiger partial charge in [-0.25, -0.2) is 4.68 Å². The predicted octanol–water partition coefficient (Wildman–Crippen LogP) is 4.11. The number of carbonyl (C=O) groups excluding carboxylic acids is 2. The summed E-state index contributed by atoms with van der Waals surface area (Å²) in [6.07, 6.45) is -4.53. The lowest BCUT2D eigenvalue weighted by molar-refractivity contribution is -0.137. The van der Waals surface area contributed by atoms with Crippen molar-refractivity contribution in [1.82, 2.24) is 15.0 Å². The third-order valence-corrected chi connectivity index (χ3v) is 4.68. The second-order valence-corrected chi connectivity index (χ2v) is 7.03. The van der Waals surface area contributed by atoms with Crippen molar-refractivity contribution < 1.29 is 22.8 Å². The number of hydrogen-bond acceptors (Lipinski definition) is 4. The van der Waals surface area contributed by atoms with Gasteiger partial charge in [-0.2, -0.15) is 13.2 Å². The van der Waals surface area contributed by atoms with Gasteiger partial charge in [0.05, 0.1) is 11.3 Å². The summed E-state index contributed by atoms with van der Waals surface area (Å²) < 4.78 is 39.8. The van der Waals surface area contributed by atoms with Crippen molar-refractivity contribution in [2.24, 2.45) is 0 Å². The van der Waals surface area contributed by atoms with Gasteiger partial charge in [0, 0.05) is 11.4 Å². The molecule has 0 radical (unpaired) electrons. The van der Waals surface area contributed by atoms with Gasteiger partial charge in [-0.15, -0.1) is 5.10 Å². The number of benzene rings is 2. The Morgan fingerprint density at radius 1 is 1.00 bits per heavy atom. The minimum absolute atomic E-state index is 0.0263. The van der Waals surface area contributed by atoms with E-state index < -0.39 is 17.6 Å². The number of carbonyl (C=O) groups is 2. The molecule has 0 aliphatic rings. The lowest BCUT2D eigenvalue weighted by Crippen LogP contribution is -2.22. The van der Waals surface area contributed by atoms with E-state index in [2.05, 4.69) is 20.9 Å². The summed E-state index contributed by atoms with van der Waals surface area (Å²) in [5.41, 5.74) is 1.83. The van der Waals surface area contributed by atoms with E-state index in [0.29, 0.717) is 11.4 Å². The predicted molar refractivity (Wildman–Crippen MR) is 109 cm³/mol. The fraction of sp³-hybridized carbons (Fsp3) is 0.238. The second-order valence-electron chi connectivity index (χ2n) is 7.03. The molecule has 2 amide bonds. The van der Waals surface area contributed by atoms with Crippen molar-refractivity contribution in [3.63, 3.8) is 0 Å². The first-order chi connectivity index (χ1) is 14.6. The third-order valence-electron chi connectivity index (χ3n) is 4.68. The molecule has 0 unspecified atom stereocenters. The van der Waals surface area contributed by atoms with Crippen LogP contribution >= 0.6 is 0 Å². The van der Waals surface area contributed by atoms with Crippen LogP contribution in [0.2, 0.25) is 0 Å².